The molecule has 0 bridgehead atoms. The van der Waals surface area contributed by atoms with Crippen molar-refractivity contribution in [1.82, 2.24) is 0 Å². The Hall–Kier alpha value is -0.660. The van der Waals surface area contributed by atoms with Crippen LogP contribution in [-0.2, 0) is 0 Å². The number of allylic oxidation sites excluding steroid dienone is 2. The maximum Gasteiger partial charge on any atom is 0.130 e. The van der Waals surface area contributed by atoms with Gasteiger partial charge in [0, 0.05) is 12.8 Å². The molecule has 0 fully saturated rings. The molecule has 2 N–H and O–H groups in total. The third-order valence-electron chi connectivity index (χ3n) is 2.19. The SMILES string of the molecule is CC(C)C1CC(O)=C(O)C1. The topological polar surface area (TPSA) is 40.5 Å². The molecule has 0 aromatic heterocycles. The third kappa shape index (κ3) is 1.25. The predicted octanol–water partition coefficient (Wildman–Crippen LogP) is 2.38. The number of hydrogen-bond acceptors (Lipinski definition) is 2. The van der Waals surface area contributed by atoms with Gasteiger partial charge in [-0.25, -0.2) is 0 Å². The van der Waals surface area contributed by atoms with Crippen molar-refractivity contribution >= 4 is 0 Å². The summed E-state index contributed by atoms with van der Waals surface area (Å²) in [6.45, 7) is 4.22. The van der Waals surface area contributed by atoms with Crippen molar-refractivity contribution in [2.75, 3.05) is 0 Å². The van der Waals surface area contributed by atoms with Crippen molar-refractivity contribution in [3.05, 3.63) is 11.5 Å². The molecule has 0 amide bonds. The first kappa shape index (κ1) is 7.45. The van der Waals surface area contributed by atoms with E-state index in [9.17, 15) is 0 Å². The number of rotatable bonds is 1. The van der Waals surface area contributed by atoms with Crippen LogP contribution in [0.4, 0.5) is 0 Å². The quantitative estimate of drug-likeness (QED) is 0.590. The highest BCUT2D eigenvalue weighted by Gasteiger charge is 2.25. The van der Waals surface area contributed by atoms with Crippen molar-refractivity contribution in [1.29, 1.82) is 0 Å². The van der Waals surface area contributed by atoms with Crippen molar-refractivity contribution in [2.24, 2.45) is 11.8 Å². The largest absolute Gasteiger partial charge is 0.509 e. The average molecular weight is 142 g/mol. The fraction of sp³-hybridized carbons (Fsp3) is 0.750. The van der Waals surface area contributed by atoms with Gasteiger partial charge in [0.05, 0.1) is 0 Å². The zero-order valence-electron chi connectivity index (χ0n) is 6.46. The Bertz CT molecular complexity index is 145. The van der Waals surface area contributed by atoms with Crippen LogP contribution >= 0.6 is 0 Å². The molecule has 0 spiro atoms. The summed E-state index contributed by atoms with van der Waals surface area (Å²) in [5.74, 6) is 1.38. The van der Waals surface area contributed by atoms with Crippen LogP contribution in [-0.4, -0.2) is 10.2 Å². The Balaban J connectivity index is 2.51. The molecule has 1 aliphatic carbocycles. The van der Waals surface area contributed by atoms with Crippen LogP contribution < -0.4 is 0 Å². The van der Waals surface area contributed by atoms with Gasteiger partial charge in [0.1, 0.15) is 11.5 Å². The second-order valence-corrected chi connectivity index (χ2v) is 3.31. The van der Waals surface area contributed by atoms with Gasteiger partial charge in [-0.05, 0) is 11.8 Å². The van der Waals surface area contributed by atoms with E-state index >= 15 is 0 Å². The molecule has 0 aromatic carbocycles. The Morgan fingerprint density at radius 2 is 1.60 bits per heavy atom. The van der Waals surface area contributed by atoms with Crippen LogP contribution in [0.15, 0.2) is 11.5 Å². The summed E-state index contributed by atoms with van der Waals surface area (Å²) in [5.41, 5.74) is 0. The van der Waals surface area contributed by atoms with Crippen LogP contribution in [0, 0.1) is 11.8 Å². The lowest BCUT2D eigenvalue weighted by Gasteiger charge is -2.11. The Morgan fingerprint density at radius 3 is 1.80 bits per heavy atom. The monoisotopic (exact) mass is 142 g/mol. The number of hydrogen-bond donors (Lipinski definition) is 2. The molecule has 0 unspecified atom stereocenters. The summed E-state index contributed by atoms with van der Waals surface area (Å²) in [6, 6.07) is 0. The molecule has 0 saturated heterocycles. The van der Waals surface area contributed by atoms with Gasteiger partial charge in [0.15, 0.2) is 0 Å². The molecule has 58 valence electrons. The Kier molecular flexibility index (Phi) is 1.88. The summed E-state index contributed by atoms with van der Waals surface area (Å²) < 4.78 is 0. The molecule has 0 heterocycles. The van der Waals surface area contributed by atoms with E-state index in [0.29, 0.717) is 24.7 Å². The van der Waals surface area contributed by atoms with E-state index in [0.717, 1.165) is 0 Å². The van der Waals surface area contributed by atoms with Crippen molar-refractivity contribution in [3.8, 4) is 0 Å². The summed E-state index contributed by atoms with van der Waals surface area (Å²) in [6.07, 6.45) is 1.31. The van der Waals surface area contributed by atoms with Gasteiger partial charge in [-0.1, -0.05) is 13.8 Å². The third-order valence-corrected chi connectivity index (χ3v) is 2.19. The lowest BCUT2D eigenvalue weighted by Crippen LogP contribution is -2.04. The molecule has 0 aliphatic heterocycles. The lowest BCUT2D eigenvalue weighted by molar-refractivity contribution is 0.328. The fourth-order valence-electron chi connectivity index (χ4n) is 1.28. The number of aliphatic hydroxyl groups is 2. The number of aliphatic hydroxyl groups excluding tert-OH is 2. The van der Waals surface area contributed by atoms with E-state index < -0.39 is 0 Å². The molecular weight excluding hydrogens is 128 g/mol. The van der Waals surface area contributed by atoms with Crippen LogP contribution in [0.25, 0.3) is 0 Å². The maximum atomic E-state index is 9.05. The van der Waals surface area contributed by atoms with E-state index in [2.05, 4.69) is 13.8 Å². The van der Waals surface area contributed by atoms with E-state index in [1.54, 1.807) is 0 Å². The first-order valence-corrected chi connectivity index (χ1v) is 3.71. The van der Waals surface area contributed by atoms with E-state index in [4.69, 9.17) is 10.2 Å². The lowest BCUT2D eigenvalue weighted by atomic mass is 9.93. The van der Waals surface area contributed by atoms with Crippen molar-refractivity contribution in [2.45, 2.75) is 26.7 Å². The molecule has 2 nitrogen and oxygen atoms in total. The highest BCUT2D eigenvalue weighted by atomic mass is 16.3. The normalized spacial score (nSPS) is 21.1. The smallest absolute Gasteiger partial charge is 0.130 e. The molecule has 0 aromatic rings. The summed E-state index contributed by atoms with van der Waals surface area (Å²) in [7, 11) is 0. The van der Waals surface area contributed by atoms with Gasteiger partial charge in [-0.15, -0.1) is 0 Å². The second kappa shape index (κ2) is 2.52. The molecule has 1 rings (SSSR count). The average Bonchev–Trinajstić information content (AvgIpc) is 2.13. The summed E-state index contributed by atoms with van der Waals surface area (Å²) in [5, 5.41) is 18.1. The van der Waals surface area contributed by atoms with Gasteiger partial charge in [0.25, 0.3) is 0 Å². The molecule has 0 radical (unpaired) electrons. The van der Waals surface area contributed by atoms with Crippen LogP contribution in [0.3, 0.4) is 0 Å². The van der Waals surface area contributed by atoms with Crippen LogP contribution in [0.5, 0.6) is 0 Å². The maximum absolute atomic E-state index is 9.05. The molecule has 10 heavy (non-hydrogen) atoms. The summed E-state index contributed by atoms with van der Waals surface area (Å²) >= 11 is 0. The molecule has 2 heteroatoms. The minimum absolute atomic E-state index is 0.193. The zero-order chi connectivity index (χ0) is 7.72. The Labute approximate surface area is 61.2 Å². The first-order valence-electron chi connectivity index (χ1n) is 3.71. The fourth-order valence-corrected chi connectivity index (χ4v) is 1.28. The molecule has 0 saturated carbocycles. The van der Waals surface area contributed by atoms with Crippen molar-refractivity contribution < 1.29 is 10.2 Å². The van der Waals surface area contributed by atoms with Crippen LogP contribution in [0.1, 0.15) is 26.7 Å². The van der Waals surface area contributed by atoms with Gasteiger partial charge in [-0.3, -0.25) is 0 Å². The van der Waals surface area contributed by atoms with Gasteiger partial charge >= 0.3 is 0 Å². The minimum Gasteiger partial charge on any atom is -0.509 e. The zero-order valence-corrected chi connectivity index (χ0v) is 6.46. The summed E-state index contributed by atoms with van der Waals surface area (Å²) in [4.78, 5) is 0. The van der Waals surface area contributed by atoms with E-state index in [1.165, 1.54) is 0 Å². The van der Waals surface area contributed by atoms with E-state index in [1.807, 2.05) is 0 Å². The Morgan fingerprint density at radius 1 is 1.20 bits per heavy atom. The molecular formula is C8H14O2. The predicted molar refractivity (Wildman–Crippen MR) is 39.8 cm³/mol. The second-order valence-electron chi connectivity index (χ2n) is 3.31. The standard InChI is InChI=1S/C8H14O2/c1-5(2)6-3-7(9)8(10)4-6/h5-6,9-10H,3-4H2,1-2H3. The highest BCUT2D eigenvalue weighted by Crippen LogP contribution is 2.33. The van der Waals surface area contributed by atoms with Gasteiger partial charge in [-0.2, -0.15) is 0 Å². The van der Waals surface area contributed by atoms with Gasteiger partial charge in [0.2, 0.25) is 0 Å². The molecule has 0 atom stereocenters. The van der Waals surface area contributed by atoms with Crippen molar-refractivity contribution in [3.63, 3.8) is 0 Å². The first-order chi connectivity index (χ1) is 4.61. The highest BCUT2D eigenvalue weighted by molar-refractivity contribution is 5.08. The van der Waals surface area contributed by atoms with Crippen LogP contribution in [0.2, 0.25) is 0 Å². The molecule has 1 aliphatic rings. The van der Waals surface area contributed by atoms with E-state index in [-0.39, 0.29) is 11.5 Å². The minimum atomic E-state index is 0.193. The van der Waals surface area contributed by atoms with Gasteiger partial charge < -0.3 is 10.2 Å².